The zero-order valence-electron chi connectivity index (χ0n) is 11.0. The van der Waals surface area contributed by atoms with Crippen molar-refractivity contribution in [1.82, 2.24) is 9.97 Å². The average Bonchev–Trinajstić information content (AvgIpc) is 2.45. The first-order valence-corrected chi connectivity index (χ1v) is 6.48. The van der Waals surface area contributed by atoms with Crippen LogP contribution in [0.1, 0.15) is 32.1 Å². The van der Waals surface area contributed by atoms with Gasteiger partial charge in [-0.25, -0.2) is 10.8 Å². The summed E-state index contributed by atoms with van der Waals surface area (Å²) in [6.07, 6.45) is 5.47. The average molecular weight is 282 g/mol. The lowest BCUT2D eigenvalue weighted by molar-refractivity contribution is -0.384. The monoisotopic (exact) mass is 282 g/mol. The maximum absolute atomic E-state index is 10.9. The molecule has 1 aliphatic carbocycles. The van der Waals surface area contributed by atoms with Gasteiger partial charge >= 0.3 is 5.69 Å². The van der Waals surface area contributed by atoms with Gasteiger partial charge in [0.05, 0.1) is 10.5 Å². The fraction of sp³-hybridized carbons (Fsp3) is 0.636. The maximum atomic E-state index is 10.9. The van der Waals surface area contributed by atoms with E-state index in [0.29, 0.717) is 12.8 Å². The quantitative estimate of drug-likeness (QED) is 0.353. The van der Waals surface area contributed by atoms with Crippen LogP contribution >= 0.6 is 0 Å². The van der Waals surface area contributed by atoms with E-state index in [0.717, 1.165) is 25.5 Å². The van der Waals surface area contributed by atoms with Crippen LogP contribution in [0.4, 0.5) is 17.5 Å². The summed E-state index contributed by atoms with van der Waals surface area (Å²) >= 11 is 0. The highest BCUT2D eigenvalue weighted by Gasteiger charge is 2.30. The van der Waals surface area contributed by atoms with E-state index >= 15 is 0 Å². The van der Waals surface area contributed by atoms with Crippen LogP contribution in [0.5, 0.6) is 0 Å². The van der Waals surface area contributed by atoms with Crippen LogP contribution in [0.15, 0.2) is 6.20 Å². The lowest BCUT2D eigenvalue weighted by Gasteiger charge is -2.32. The van der Waals surface area contributed by atoms with Gasteiger partial charge in [0.25, 0.3) is 0 Å². The minimum atomic E-state index is -0.840. The molecule has 2 rings (SSSR count). The zero-order valence-corrected chi connectivity index (χ0v) is 11.0. The van der Waals surface area contributed by atoms with Crippen molar-refractivity contribution in [3.8, 4) is 0 Å². The first-order chi connectivity index (χ1) is 9.54. The molecule has 1 aromatic rings. The lowest BCUT2D eigenvalue weighted by Crippen LogP contribution is -2.39. The first kappa shape index (κ1) is 14.4. The van der Waals surface area contributed by atoms with Crippen LogP contribution in [-0.2, 0) is 0 Å². The van der Waals surface area contributed by atoms with Crippen molar-refractivity contribution in [3.63, 3.8) is 0 Å². The summed E-state index contributed by atoms with van der Waals surface area (Å²) in [5.74, 6) is 5.32. The number of hydrogen-bond donors (Lipinski definition) is 4. The van der Waals surface area contributed by atoms with Crippen molar-refractivity contribution in [2.45, 2.75) is 37.7 Å². The number of nitrogens with zero attached hydrogens (tertiary/aromatic N) is 3. The smallest absolute Gasteiger partial charge is 0.329 e. The van der Waals surface area contributed by atoms with Gasteiger partial charge in [-0.2, -0.15) is 4.98 Å². The molecule has 1 heterocycles. The van der Waals surface area contributed by atoms with Gasteiger partial charge in [0.15, 0.2) is 0 Å². The van der Waals surface area contributed by atoms with E-state index in [9.17, 15) is 15.2 Å². The highest BCUT2D eigenvalue weighted by molar-refractivity contribution is 5.56. The minimum Gasteiger partial charge on any atom is -0.388 e. The number of nitrogens with two attached hydrogens (primary N) is 1. The molecule has 1 fully saturated rings. The van der Waals surface area contributed by atoms with Crippen LogP contribution in [-0.4, -0.2) is 32.1 Å². The Morgan fingerprint density at radius 2 is 2.15 bits per heavy atom. The lowest BCUT2D eigenvalue weighted by atomic mass is 9.85. The Labute approximate surface area is 115 Å². The van der Waals surface area contributed by atoms with Gasteiger partial charge < -0.3 is 10.4 Å². The standard InChI is InChI=1S/C11H18N6O3/c12-16-10-13-6-8(17(19)20)9(15-10)14-7-11(18)4-2-1-3-5-11/h6,18H,1-5,7,12H2,(H2,13,14,15,16). The van der Waals surface area contributed by atoms with Gasteiger partial charge in [-0.3, -0.25) is 15.5 Å². The molecule has 0 spiro atoms. The normalized spacial score (nSPS) is 17.5. The van der Waals surface area contributed by atoms with E-state index in [1.165, 1.54) is 0 Å². The Morgan fingerprint density at radius 1 is 1.45 bits per heavy atom. The van der Waals surface area contributed by atoms with E-state index in [1.807, 2.05) is 0 Å². The Bertz CT molecular complexity index is 489. The molecule has 110 valence electrons. The number of hydrazine groups is 1. The number of nitro groups is 1. The number of aliphatic hydroxyl groups is 1. The van der Waals surface area contributed by atoms with Gasteiger partial charge in [0.1, 0.15) is 6.20 Å². The molecule has 9 heteroatoms. The molecular formula is C11H18N6O3. The van der Waals surface area contributed by atoms with Gasteiger partial charge in [-0.1, -0.05) is 19.3 Å². The van der Waals surface area contributed by atoms with E-state index in [-0.39, 0.29) is 24.0 Å². The summed E-state index contributed by atoms with van der Waals surface area (Å²) in [4.78, 5) is 18.0. The Hall–Kier alpha value is -2.00. The molecule has 0 aliphatic heterocycles. The highest BCUT2D eigenvalue weighted by Crippen LogP contribution is 2.29. The van der Waals surface area contributed by atoms with Crippen molar-refractivity contribution in [2.24, 2.45) is 5.84 Å². The van der Waals surface area contributed by atoms with E-state index in [2.05, 4.69) is 20.7 Å². The second-order valence-corrected chi connectivity index (χ2v) is 4.97. The Balaban J connectivity index is 2.12. The summed E-state index contributed by atoms with van der Waals surface area (Å²) in [5, 5.41) is 24.1. The predicted octanol–water partition coefficient (Wildman–Crippen LogP) is 0.777. The zero-order chi connectivity index (χ0) is 14.6. The number of rotatable bonds is 5. The molecule has 9 nitrogen and oxygen atoms in total. The number of nitrogens with one attached hydrogen (secondary N) is 2. The molecule has 0 radical (unpaired) electrons. The van der Waals surface area contributed by atoms with Crippen molar-refractivity contribution in [3.05, 3.63) is 16.3 Å². The third-order valence-electron chi connectivity index (χ3n) is 3.46. The van der Waals surface area contributed by atoms with Gasteiger partial charge in [0, 0.05) is 6.54 Å². The fourth-order valence-corrected chi connectivity index (χ4v) is 2.34. The fourth-order valence-electron chi connectivity index (χ4n) is 2.34. The highest BCUT2D eigenvalue weighted by atomic mass is 16.6. The molecule has 0 bridgehead atoms. The summed E-state index contributed by atoms with van der Waals surface area (Å²) < 4.78 is 0. The second-order valence-electron chi connectivity index (χ2n) is 4.97. The minimum absolute atomic E-state index is 0.0527. The summed E-state index contributed by atoms with van der Waals surface area (Å²) in [6, 6.07) is 0. The van der Waals surface area contributed by atoms with Crippen LogP contribution in [0, 0.1) is 10.1 Å². The SMILES string of the molecule is NNc1ncc([N+](=O)[O-])c(NCC2(O)CCCCC2)n1. The molecule has 0 aromatic carbocycles. The Morgan fingerprint density at radius 3 is 2.75 bits per heavy atom. The van der Waals surface area contributed by atoms with Crippen LogP contribution in [0.25, 0.3) is 0 Å². The molecular weight excluding hydrogens is 264 g/mol. The number of aromatic nitrogens is 2. The molecule has 0 amide bonds. The van der Waals surface area contributed by atoms with Crippen LogP contribution < -0.4 is 16.6 Å². The molecule has 20 heavy (non-hydrogen) atoms. The number of anilines is 2. The van der Waals surface area contributed by atoms with Crippen molar-refractivity contribution < 1.29 is 10.0 Å². The van der Waals surface area contributed by atoms with Crippen molar-refractivity contribution in [2.75, 3.05) is 17.3 Å². The summed E-state index contributed by atoms with van der Waals surface area (Å²) in [7, 11) is 0. The first-order valence-electron chi connectivity index (χ1n) is 6.48. The van der Waals surface area contributed by atoms with Crippen LogP contribution in [0.2, 0.25) is 0 Å². The maximum Gasteiger partial charge on any atom is 0.329 e. The molecule has 1 aromatic heterocycles. The summed E-state index contributed by atoms with van der Waals surface area (Å²) in [5.41, 5.74) is 1.15. The predicted molar refractivity (Wildman–Crippen MR) is 73.0 cm³/mol. The van der Waals surface area contributed by atoms with E-state index < -0.39 is 10.5 Å². The largest absolute Gasteiger partial charge is 0.388 e. The third-order valence-corrected chi connectivity index (χ3v) is 3.46. The Kier molecular flexibility index (Phi) is 4.30. The number of nitrogen functional groups attached to an aromatic ring is 1. The molecule has 0 saturated heterocycles. The van der Waals surface area contributed by atoms with E-state index in [1.54, 1.807) is 0 Å². The number of hydrogen-bond acceptors (Lipinski definition) is 8. The second kappa shape index (κ2) is 5.97. The topological polar surface area (TPSA) is 139 Å². The van der Waals surface area contributed by atoms with Gasteiger partial charge in [-0.05, 0) is 12.8 Å². The molecule has 1 saturated carbocycles. The molecule has 1 aliphatic rings. The third kappa shape index (κ3) is 3.31. The van der Waals surface area contributed by atoms with Crippen molar-refractivity contribution >= 4 is 17.5 Å². The van der Waals surface area contributed by atoms with Crippen molar-refractivity contribution in [1.29, 1.82) is 0 Å². The van der Waals surface area contributed by atoms with Gasteiger partial charge in [0.2, 0.25) is 11.8 Å². The molecule has 5 N–H and O–H groups in total. The van der Waals surface area contributed by atoms with Crippen LogP contribution in [0.3, 0.4) is 0 Å². The summed E-state index contributed by atoms with van der Waals surface area (Å²) in [6.45, 7) is 0.217. The molecule has 0 atom stereocenters. The molecule has 0 unspecified atom stereocenters. The van der Waals surface area contributed by atoms with E-state index in [4.69, 9.17) is 5.84 Å². The van der Waals surface area contributed by atoms with Gasteiger partial charge in [-0.15, -0.1) is 0 Å².